The van der Waals surface area contributed by atoms with Gasteiger partial charge in [0.15, 0.2) is 11.6 Å². The summed E-state index contributed by atoms with van der Waals surface area (Å²) in [7, 11) is 0. The molecule has 4 nitrogen and oxygen atoms in total. The van der Waals surface area contributed by atoms with Crippen LogP contribution >= 0.6 is 0 Å². The van der Waals surface area contributed by atoms with Gasteiger partial charge in [-0.3, -0.25) is 0 Å². The fourth-order valence-corrected chi connectivity index (χ4v) is 1.27. The van der Waals surface area contributed by atoms with E-state index < -0.39 is 29.3 Å². The van der Waals surface area contributed by atoms with Crippen molar-refractivity contribution in [3.05, 3.63) is 29.3 Å². The Hall–Kier alpha value is -2.60. The van der Waals surface area contributed by atoms with Crippen LogP contribution < -0.4 is 5.32 Å². The van der Waals surface area contributed by atoms with E-state index in [-0.39, 0.29) is 12.0 Å². The van der Waals surface area contributed by atoms with Crippen molar-refractivity contribution in [1.82, 2.24) is 0 Å². The number of hydrogen-bond donors (Lipinski definition) is 2. The normalized spacial score (nSPS) is 11.1. The molecule has 1 atom stereocenters. The number of carboxylic acids is 1. The first-order valence-electron chi connectivity index (χ1n) is 4.81. The average molecular weight is 250 g/mol. The van der Waals surface area contributed by atoms with E-state index >= 15 is 0 Å². The van der Waals surface area contributed by atoms with Crippen molar-refractivity contribution in [2.75, 3.05) is 5.32 Å². The Morgan fingerprint density at radius 1 is 1.50 bits per heavy atom. The summed E-state index contributed by atoms with van der Waals surface area (Å²) in [5, 5.41) is 19.5. The van der Waals surface area contributed by atoms with Gasteiger partial charge in [0.05, 0.1) is 11.6 Å². The Bertz CT molecular complexity index is 535. The van der Waals surface area contributed by atoms with Crippen LogP contribution in [0.5, 0.6) is 0 Å². The lowest BCUT2D eigenvalue weighted by Crippen LogP contribution is -2.29. The van der Waals surface area contributed by atoms with E-state index in [1.54, 1.807) is 6.07 Å². The van der Waals surface area contributed by atoms with E-state index in [9.17, 15) is 13.6 Å². The molecule has 18 heavy (non-hydrogen) atoms. The zero-order valence-electron chi connectivity index (χ0n) is 9.08. The molecule has 0 heterocycles. The lowest BCUT2D eigenvalue weighted by atomic mass is 10.1. The standard InChI is InChI=1S/C12H8F2N2O2/c1-2-3-10(12(17)18)16-11-8(13)4-7(6-15)5-9(11)14/h1,4-5,10,16H,3H2,(H,17,18). The van der Waals surface area contributed by atoms with Gasteiger partial charge in [0.1, 0.15) is 11.7 Å². The monoisotopic (exact) mass is 250 g/mol. The highest BCUT2D eigenvalue weighted by molar-refractivity contribution is 5.78. The van der Waals surface area contributed by atoms with Gasteiger partial charge in [-0.25, -0.2) is 13.6 Å². The fourth-order valence-electron chi connectivity index (χ4n) is 1.27. The summed E-state index contributed by atoms with van der Waals surface area (Å²) < 4.78 is 26.9. The van der Waals surface area contributed by atoms with Crippen molar-refractivity contribution in [2.24, 2.45) is 0 Å². The maximum absolute atomic E-state index is 13.5. The Morgan fingerprint density at radius 3 is 2.44 bits per heavy atom. The van der Waals surface area contributed by atoms with Gasteiger partial charge in [0, 0.05) is 6.42 Å². The number of aliphatic carboxylic acids is 1. The topological polar surface area (TPSA) is 73.1 Å². The molecule has 1 rings (SSSR count). The quantitative estimate of drug-likeness (QED) is 0.798. The number of rotatable bonds is 4. The number of carboxylic acid groups (broad SMARTS) is 1. The van der Waals surface area contributed by atoms with Crippen molar-refractivity contribution < 1.29 is 18.7 Å². The average Bonchev–Trinajstić information content (AvgIpc) is 2.31. The molecule has 0 amide bonds. The SMILES string of the molecule is C#CCC(Nc1c(F)cc(C#N)cc1F)C(=O)O. The van der Waals surface area contributed by atoms with E-state index in [2.05, 4.69) is 11.2 Å². The van der Waals surface area contributed by atoms with E-state index in [4.69, 9.17) is 16.8 Å². The van der Waals surface area contributed by atoms with Crippen LogP contribution in [0.3, 0.4) is 0 Å². The van der Waals surface area contributed by atoms with E-state index in [1.807, 2.05) is 0 Å². The van der Waals surface area contributed by atoms with Crippen LogP contribution in [0.2, 0.25) is 0 Å². The van der Waals surface area contributed by atoms with Gasteiger partial charge >= 0.3 is 5.97 Å². The first-order valence-corrected chi connectivity index (χ1v) is 4.81. The van der Waals surface area contributed by atoms with E-state index in [1.165, 1.54) is 0 Å². The van der Waals surface area contributed by atoms with Crippen molar-refractivity contribution in [3.8, 4) is 18.4 Å². The molecule has 0 bridgehead atoms. The van der Waals surface area contributed by atoms with Crippen LogP contribution in [0.1, 0.15) is 12.0 Å². The van der Waals surface area contributed by atoms with Crippen molar-refractivity contribution in [1.29, 1.82) is 5.26 Å². The highest BCUT2D eigenvalue weighted by atomic mass is 19.1. The van der Waals surface area contributed by atoms with Crippen LogP contribution in [0.25, 0.3) is 0 Å². The van der Waals surface area contributed by atoms with E-state index in [0.717, 1.165) is 12.1 Å². The Balaban J connectivity index is 3.08. The second-order valence-corrected chi connectivity index (χ2v) is 3.37. The number of anilines is 1. The highest BCUT2D eigenvalue weighted by Gasteiger charge is 2.20. The molecule has 2 N–H and O–H groups in total. The van der Waals surface area contributed by atoms with Gasteiger partial charge in [-0.05, 0) is 12.1 Å². The second kappa shape index (κ2) is 5.65. The van der Waals surface area contributed by atoms with Gasteiger partial charge in [-0.1, -0.05) is 0 Å². The van der Waals surface area contributed by atoms with Gasteiger partial charge in [-0.2, -0.15) is 5.26 Å². The van der Waals surface area contributed by atoms with E-state index in [0.29, 0.717) is 0 Å². The first kappa shape index (κ1) is 13.5. The summed E-state index contributed by atoms with van der Waals surface area (Å²) >= 11 is 0. The summed E-state index contributed by atoms with van der Waals surface area (Å²) in [5.74, 6) is -1.33. The Kier molecular flexibility index (Phi) is 4.22. The molecular formula is C12H8F2N2O2. The maximum Gasteiger partial charge on any atom is 0.327 e. The zero-order valence-corrected chi connectivity index (χ0v) is 9.08. The summed E-state index contributed by atoms with van der Waals surface area (Å²) in [6.45, 7) is 0. The van der Waals surface area contributed by atoms with Crippen LogP contribution in [0, 0.1) is 35.3 Å². The molecule has 0 saturated heterocycles. The van der Waals surface area contributed by atoms with Gasteiger partial charge < -0.3 is 10.4 Å². The molecule has 92 valence electrons. The molecular weight excluding hydrogens is 242 g/mol. The molecule has 6 heteroatoms. The fraction of sp³-hybridized carbons (Fsp3) is 0.167. The molecule has 1 aromatic rings. The minimum Gasteiger partial charge on any atom is -0.480 e. The minimum absolute atomic E-state index is 0.195. The van der Waals surface area contributed by atoms with Crippen molar-refractivity contribution >= 4 is 11.7 Å². The third kappa shape index (κ3) is 2.96. The molecule has 1 aromatic carbocycles. The van der Waals surface area contributed by atoms with Gasteiger partial charge in [0.25, 0.3) is 0 Å². The summed E-state index contributed by atoms with van der Waals surface area (Å²) in [5.41, 5.74) is -0.809. The van der Waals surface area contributed by atoms with Gasteiger partial charge in [-0.15, -0.1) is 12.3 Å². The molecule has 0 aromatic heterocycles. The number of benzene rings is 1. The molecule has 1 unspecified atom stereocenters. The maximum atomic E-state index is 13.5. The predicted molar refractivity (Wildman–Crippen MR) is 59.6 cm³/mol. The molecule has 0 aliphatic heterocycles. The van der Waals surface area contributed by atoms with Crippen molar-refractivity contribution in [2.45, 2.75) is 12.5 Å². The summed E-state index contributed by atoms with van der Waals surface area (Å²) in [6.07, 6.45) is 4.73. The number of carbonyl (C=O) groups is 1. The Labute approximate surface area is 102 Å². The zero-order chi connectivity index (χ0) is 13.7. The largest absolute Gasteiger partial charge is 0.480 e. The Morgan fingerprint density at radius 2 is 2.06 bits per heavy atom. The molecule has 0 fully saturated rings. The third-order valence-corrected chi connectivity index (χ3v) is 2.11. The van der Waals surface area contributed by atoms with Crippen LogP contribution in [0.15, 0.2) is 12.1 Å². The lowest BCUT2D eigenvalue weighted by molar-refractivity contribution is -0.137. The molecule has 0 aliphatic carbocycles. The first-order chi connectivity index (χ1) is 8.49. The molecule has 0 aliphatic rings. The minimum atomic E-state index is -1.32. The third-order valence-electron chi connectivity index (χ3n) is 2.11. The predicted octanol–water partition coefficient (Wildman–Crippen LogP) is 1.72. The van der Waals surface area contributed by atoms with Crippen LogP contribution in [0.4, 0.5) is 14.5 Å². The van der Waals surface area contributed by atoms with Gasteiger partial charge in [0.2, 0.25) is 0 Å². The second-order valence-electron chi connectivity index (χ2n) is 3.37. The number of nitriles is 1. The molecule has 0 radical (unpaired) electrons. The van der Waals surface area contributed by atoms with Crippen molar-refractivity contribution in [3.63, 3.8) is 0 Å². The number of hydrogen-bond acceptors (Lipinski definition) is 3. The summed E-state index contributed by atoms with van der Waals surface area (Å²) in [4.78, 5) is 10.8. The molecule has 0 saturated carbocycles. The number of halogens is 2. The number of nitrogens with zero attached hydrogens (tertiary/aromatic N) is 1. The van der Waals surface area contributed by atoms with Crippen LogP contribution in [-0.2, 0) is 4.79 Å². The lowest BCUT2D eigenvalue weighted by Gasteiger charge is -2.14. The number of terminal acetylenes is 1. The smallest absolute Gasteiger partial charge is 0.327 e. The van der Waals surface area contributed by atoms with Crippen LogP contribution in [-0.4, -0.2) is 17.1 Å². The highest BCUT2D eigenvalue weighted by Crippen LogP contribution is 2.21. The number of nitrogens with one attached hydrogen (secondary N) is 1. The summed E-state index contributed by atoms with van der Waals surface area (Å²) in [6, 6.07) is 1.89. The molecule has 0 spiro atoms.